The molecule has 0 aromatic carbocycles. The van der Waals surface area contributed by atoms with Gasteiger partial charge in [0.1, 0.15) is 0 Å². The van der Waals surface area contributed by atoms with E-state index in [2.05, 4.69) is 52.0 Å². The normalized spacial score (nSPS) is 18.3. The summed E-state index contributed by atoms with van der Waals surface area (Å²) in [6.45, 7) is 9.67. The quantitative estimate of drug-likeness (QED) is 0.738. The van der Waals surface area contributed by atoms with Crippen molar-refractivity contribution in [1.29, 1.82) is 0 Å². The Bertz CT molecular complexity index is 169. The second kappa shape index (κ2) is 4.42. The predicted molar refractivity (Wildman–Crippen MR) is 55.0 cm³/mol. The maximum absolute atomic E-state index is 2.42. The summed E-state index contributed by atoms with van der Waals surface area (Å²) in [6, 6.07) is 0. The van der Waals surface area contributed by atoms with Gasteiger partial charge in [0, 0.05) is 0 Å². The molecule has 0 saturated heterocycles. The van der Waals surface area contributed by atoms with E-state index in [0.717, 1.165) is 12.9 Å². The van der Waals surface area contributed by atoms with Crippen molar-refractivity contribution in [2.24, 2.45) is 0 Å². The summed E-state index contributed by atoms with van der Waals surface area (Å²) in [5.41, 5.74) is 0. The Balaban J connectivity index is 2.65. The van der Waals surface area contributed by atoms with Crippen LogP contribution in [-0.2, 0) is 17.3 Å². The van der Waals surface area contributed by atoms with E-state index in [1.165, 1.54) is 0 Å². The second-order valence-corrected chi connectivity index (χ2v) is 18.4. The fraction of sp³-hybridized carbons (Fsp3) is 0.636. The number of hydrogen-bond donors (Lipinski definition) is 0. The fourth-order valence-corrected chi connectivity index (χ4v) is 14.8. The molecule has 0 aliphatic heterocycles. The van der Waals surface area contributed by atoms with Crippen LogP contribution in [0.3, 0.4) is 0 Å². The van der Waals surface area contributed by atoms with Gasteiger partial charge in [-0.1, -0.05) is 0 Å². The molecule has 0 fully saturated rings. The van der Waals surface area contributed by atoms with Gasteiger partial charge >= 0.3 is 82.2 Å². The third-order valence-electron chi connectivity index (χ3n) is 2.47. The first-order valence-corrected chi connectivity index (χ1v) is 11.1. The molecule has 0 atom stereocenters. The van der Waals surface area contributed by atoms with Gasteiger partial charge < -0.3 is 0 Å². The van der Waals surface area contributed by atoms with Crippen LogP contribution in [0.4, 0.5) is 0 Å². The summed E-state index contributed by atoms with van der Waals surface area (Å²) in [6.07, 6.45) is 9.28. The first-order valence-electron chi connectivity index (χ1n) is 4.84. The summed E-state index contributed by atoms with van der Waals surface area (Å²) in [4.78, 5) is 0. The SMILES string of the molecule is C[CH](C)[WH2]([CH](C)C)[CH]1C=CC=C1. The molecule has 0 nitrogen and oxygen atoms in total. The minimum absolute atomic E-state index is 0.898. The Morgan fingerprint density at radius 3 is 1.67 bits per heavy atom. The van der Waals surface area contributed by atoms with Crippen molar-refractivity contribution in [2.75, 3.05) is 0 Å². The van der Waals surface area contributed by atoms with Crippen LogP contribution in [0, 0.1) is 0 Å². The van der Waals surface area contributed by atoms with Gasteiger partial charge in [-0.05, 0) is 0 Å². The molecule has 0 saturated carbocycles. The number of hydrogen-bond acceptors (Lipinski definition) is 0. The molecule has 0 radical (unpaired) electrons. The number of allylic oxidation sites excluding steroid dienone is 4. The minimum atomic E-state index is -1.36. The Hall–Kier alpha value is 0.168. The first kappa shape index (κ1) is 10.3. The molecule has 0 spiro atoms. The molecule has 0 unspecified atom stereocenters. The molecule has 0 amide bonds. The van der Waals surface area contributed by atoms with Crippen LogP contribution in [0.1, 0.15) is 27.7 Å². The molecule has 1 aliphatic rings. The predicted octanol–water partition coefficient (Wildman–Crippen LogP) is 3.64. The number of rotatable bonds is 3. The zero-order chi connectivity index (χ0) is 9.14. The van der Waals surface area contributed by atoms with Gasteiger partial charge in [-0.2, -0.15) is 0 Å². The van der Waals surface area contributed by atoms with E-state index < -0.39 is 17.3 Å². The molecule has 1 aliphatic carbocycles. The van der Waals surface area contributed by atoms with Gasteiger partial charge in [0.2, 0.25) is 0 Å². The topological polar surface area (TPSA) is 0 Å². The summed E-state index contributed by atoms with van der Waals surface area (Å²) >= 11 is -1.36. The van der Waals surface area contributed by atoms with E-state index in [1.54, 1.807) is 0 Å². The molecule has 12 heavy (non-hydrogen) atoms. The van der Waals surface area contributed by atoms with E-state index in [9.17, 15) is 0 Å². The van der Waals surface area contributed by atoms with Crippen LogP contribution in [0.15, 0.2) is 24.3 Å². The van der Waals surface area contributed by atoms with Gasteiger partial charge in [-0.25, -0.2) is 0 Å². The van der Waals surface area contributed by atoms with Gasteiger partial charge in [-0.15, -0.1) is 0 Å². The second-order valence-electron chi connectivity index (χ2n) is 4.10. The molecule has 0 aromatic rings. The van der Waals surface area contributed by atoms with Crippen LogP contribution in [0.5, 0.6) is 0 Å². The maximum atomic E-state index is 2.42. The van der Waals surface area contributed by atoms with Gasteiger partial charge in [0.05, 0.1) is 0 Å². The van der Waals surface area contributed by atoms with E-state index in [0.29, 0.717) is 0 Å². The monoisotopic (exact) mass is 337 g/mol. The van der Waals surface area contributed by atoms with E-state index in [1.807, 2.05) is 0 Å². The Labute approximate surface area is 82.3 Å². The van der Waals surface area contributed by atoms with Crippen molar-refractivity contribution in [2.45, 2.75) is 40.6 Å². The summed E-state index contributed by atoms with van der Waals surface area (Å²) in [7, 11) is 0. The zero-order valence-electron chi connectivity index (χ0n) is 8.54. The molecule has 1 heteroatoms. The van der Waals surface area contributed by atoms with Crippen molar-refractivity contribution in [1.82, 2.24) is 0 Å². The van der Waals surface area contributed by atoms with Gasteiger partial charge in [-0.3, -0.25) is 0 Å². The summed E-state index contributed by atoms with van der Waals surface area (Å²) < 4.78 is 2.88. The summed E-state index contributed by atoms with van der Waals surface area (Å²) in [5.74, 6) is 0. The van der Waals surface area contributed by atoms with Crippen molar-refractivity contribution in [3.8, 4) is 0 Å². The van der Waals surface area contributed by atoms with Crippen molar-refractivity contribution in [3.63, 3.8) is 0 Å². The Morgan fingerprint density at radius 2 is 1.33 bits per heavy atom. The van der Waals surface area contributed by atoms with Crippen molar-refractivity contribution in [3.05, 3.63) is 24.3 Å². The van der Waals surface area contributed by atoms with Crippen LogP contribution in [-0.4, -0.2) is 0 Å². The molecule has 71 valence electrons. The van der Waals surface area contributed by atoms with E-state index in [-0.39, 0.29) is 0 Å². The summed E-state index contributed by atoms with van der Waals surface area (Å²) in [5, 5.41) is 0. The molecule has 1 rings (SSSR count). The molecular weight excluding hydrogens is 316 g/mol. The van der Waals surface area contributed by atoms with Gasteiger partial charge in [0.15, 0.2) is 0 Å². The molecule has 0 aromatic heterocycles. The van der Waals surface area contributed by atoms with E-state index >= 15 is 0 Å². The average Bonchev–Trinajstić information content (AvgIpc) is 2.37. The van der Waals surface area contributed by atoms with Crippen LogP contribution >= 0.6 is 0 Å². The van der Waals surface area contributed by atoms with Gasteiger partial charge in [0.25, 0.3) is 0 Å². The fourth-order valence-electron chi connectivity index (χ4n) is 2.09. The van der Waals surface area contributed by atoms with Crippen molar-refractivity contribution >= 4 is 0 Å². The third kappa shape index (κ3) is 2.33. The molecule has 0 N–H and O–H groups in total. The Kier molecular flexibility index (Phi) is 3.77. The standard InChI is InChI=1S/C5H5.2C3H7.W.2H/c1-2-4-5-3-1;2*1-3-2;;;/h1-5H;2*3H,1-2H3;;;. The third-order valence-corrected chi connectivity index (χ3v) is 16.2. The van der Waals surface area contributed by atoms with E-state index in [4.69, 9.17) is 0 Å². The molecule has 0 heterocycles. The molecular formula is C11H21W. The zero-order valence-corrected chi connectivity index (χ0v) is 12.1. The van der Waals surface area contributed by atoms with Crippen LogP contribution in [0.25, 0.3) is 0 Å². The Morgan fingerprint density at radius 1 is 0.917 bits per heavy atom. The first-order chi connectivity index (χ1) is 5.63. The average molecular weight is 337 g/mol. The van der Waals surface area contributed by atoms with Crippen LogP contribution < -0.4 is 0 Å². The van der Waals surface area contributed by atoms with Crippen LogP contribution in [0.2, 0.25) is 12.9 Å². The van der Waals surface area contributed by atoms with Crippen molar-refractivity contribution < 1.29 is 17.3 Å². The molecule has 0 bridgehead atoms.